The summed E-state index contributed by atoms with van der Waals surface area (Å²) in [5, 5.41) is 2.72. The van der Waals surface area contributed by atoms with Gasteiger partial charge in [0.2, 0.25) is 5.91 Å². The van der Waals surface area contributed by atoms with Crippen molar-refractivity contribution in [1.29, 1.82) is 0 Å². The van der Waals surface area contributed by atoms with Crippen LogP contribution in [-0.4, -0.2) is 25.5 Å². The van der Waals surface area contributed by atoms with Gasteiger partial charge in [0.25, 0.3) is 0 Å². The highest BCUT2D eigenvalue weighted by Gasteiger charge is 1.97. The van der Waals surface area contributed by atoms with Crippen molar-refractivity contribution in [3.63, 3.8) is 0 Å². The van der Waals surface area contributed by atoms with Gasteiger partial charge in [-0.15, -0.1) is 0 Å². The number of unbranched alkanes of at least 4 members (excludes halogenated alkanes) is 5. The SMILES string of the molecule is CCCCCCCCNC(=O)/C=C\C(=O)OC. The average Bonchev–Trinajstić information content (AvgIpc) is 2.34. The number of hydrogen-bond donors (Lipinski definition) is 1. The highest BCUT2D eigenvalue weighted by molar-refractivity contribution is 5.94. The first-order valence-corrected chi connectivity index (χ1v) is 6.24. The van der Waals surface area contributed by atoms with E-state index < -0.39 is 5.97 Å². The van der Waals surface area contributed by atoms with Crippen LogP contribution in [0.1, 0.15) is 45.4 Å². The van der Waals surface area contributed by atoms with Crippen LogP contribution in [0.5, 0.6) is 0 Å². The molecule has 1 N–H and O–H groups in total. The van der Waals surface area contributed by atoms with Gasteiger partial charge in [-0.25, -0.2) is 4.79 Å². The number of methoxy groups -OCH3 is 1. The van der Waals surface area contributed by atoms with Gasteiger partial charge in [-0.1, -0.05) is 39.0 Å². The predicted molar refractivity (Wildman–Crippen MR) is 67.5 cm³/mol. The van der Waals surface area contributed by atoms with Gasteiger partial charge in [-0.2, -0.15) is 0 Å². The zero-order valence-corrected chi connectivity index (χ0v) is 10.8. The van der Waals surface area contributed by atoms with Crippen molar-refractivity contribution in [1.82, 2.24) is 5.32 Å². The van der Waals surface area contributed by atoms with E-state index in [1.807, 2.05) is 0 Å². The van der Waals surface area contributed by atoms with Gasteiger partial charge in [-0.05, 0) is 6.42 Å². The number of nitrogens with one attached hydrogen (secondary N) is 1. The highest BCUT2D eigenvalue weighted by Crippen LogP contribution is 2.03. The molecule has 0 rings (SSSR count). The van der Waals surface area contributed by atoms with Gasteiger partial charge < -0.3 is 10.1 Å². The summed E-state index contributed by atoms with van der Waals surface area (Å²) in [5.74, 6) is -0.760. The Morgan fingerprint density at radius 1 is 1.06 bits per heavy atom. The molecule has 0 atom stereocenters. The summed E-state index contributed by atoms with van der Waals surface area (Å²) in [6.45, 7) is 2.85. The molecule has 4 heteroatoms. The fraction of sp³-hybridized carbons (Fsp3) is 0.692. The molecule has 0 saturated heterocycles. The molecular weight excluding hydrogens is 218 g/mol. The van der Waals surface area contributed by atoms with Crippen molar-refractivity contribution in [3.05, 3.63) is 12.2 Å². The standard InChI is InChI=1S/C13H23NO3/c1-3-4-5-6-7-8-11-14-12(15)9-10-13(16)17-2/h9-10H,3-8,11H2,1-2H3,(H,14,15)/b10-9-. The van der Waals surface area contributed by atoms with Crippen LogP contribution in [0.2, 0.25) is 0 Å². The van der Waals surface area contributed by atoms with E-state index in [0.717, 1.165) is 18.9 Å². The molecule has 17 heavy (non-hydrogen) atoms. The van der Waals surface area contributed by atoms with Crippen molar-refractivity contribution in [2.75, 3.05) is 13.7 Å². The molecule has 0 spiro atoms. The minimum atomic E-state index is -0.514. The molecule has 0 aromatic heterocycles. The third kappa shape index (κ3) is 11.0. The molecule has 0 bridgehead atoms. The quantitative estimate of drug-likeness (QED) is 0.382. The van der Waals surface area contributed by atoms with Crippen LogP contribution in [0.4, 0.5) is 0 Å². The maximum absolute atomic E-state index is 11.2. The average molecular weight is 241 g/mol. The van der Waals surface area contributed by atoms with Crippen molar-refractivity contribution in [2.24, 2.45) is 0 Å². The Morgan fingerprint density at radius 2 is 1.71 bits per heavy atom. The van der Waals surface area contributed by atoms with Gasteiger partial charge in [0.15, 0.2) is 0 Å². The Balaban J connectivity index is 3.39. The normalized spacial score (nSPS) is 10.5. The molecule has 0 unspecified atom stereocenters. The van der Waals surface area contributed by atoms with E-state index in [1.54, 1.807) is 0 Å². The molecule has 1 amide bonds. The van der Waals surface area contributed by atoms with Crippen molar-refractivity contribution in [2.45, 2.75) is 45.4 Å². The highest BCUT2D eigenvalue weighted by atomic mass is 16.5. The maximum Gasteiger partial charge on any atom is 0.330 e. The van der Waals surface area contributed by atoms with E-state index >= 15 is 0 Å². The zero-order chi connectivity index (χ0) is 12.9. The number of carbonyl (C=O) groups is 2. The maximum atomic E-state index is 11.2. The smallest absolute Gasteiger partial charge is 0.330 e. The molecule has 0 saturated carbocycles. The molecule has 0 heterocycles. The van der Waals surface area contributed by atoms with Gasteiger partial charge in [-0.3, -0.25) is 4.79 Å². The fourth-order valence-corrected chi connectivity index (χ4v) is 1.39. The van der Waals surface area contributed by atoms with E-state index in [0.29, 0.717) is 6.54 Å². The molecule has 98 valence electrons. The van der Waals surface area contributed by atoms with E-state index in [9.17, 15) is 9.59 Å². The Labute approximate surface area is 103 Å². The monoisotopic (exact) mass is 241 g/mol. The lowest BCUT2D eigenvalue weighted by molar-refractivity contribution is -0.135. The first-order chi connectivity index (χ1) is 8.20. The lowest BCUT2D eigenvalue weighted by Gasteiger charge is -2.02. The van der Waals surface area contributed by atoms with Gasteiger partial charge in [0.1, 0.15) is 0 Å². The number of rotatable bonds is 9. The van der Waals surface area contributed by atoms with E-state index in [4.69, 9.17) is 0 Å². The minimum Gasteiger partial charge on any atom is -0.466 e. The third-order valence-electron chi connectivity index (χ3n) is 2.40. The van der Waals surface area contributed by atoms with Crippen LogP contribution in [0.25, 0.3) is 0 Å². The van der Waals surface area contributed by atoms with E-state index in [-0.39, 0.29) is 5.91 Å². The number of ether oxygens (including phenoxy) is 1. The second-order valence-corrected chi connectivity index (χ2v) is 3.92. The van der Waals surface area contributed by atoms with Gasteiger partial charge in [0, 0.05) is 18.7 Å². The van der Waals surface area contributed by atoms with Crippen molar-refractivity contribution in [3.8, 4) is 0 Å². The molecule has 4 nitrogen and oxygen atoms in total. The number of amides is 1. The van der Waals surface area contributed by atoms with E-state index in [1.165, 1.54) is 38.9 Å². The molecular formula is C13H23NO3. The Morgan fingerprint density at radius 3 is 2.35 bits per heavy atom. The van der Waals surface area contributed by atoms with Crippen LogP contribution in [0, 0.1) is 0 Å². The Hall–Kier alpha value is -1.32. The Bertz CT molecular complexity index is 249. The summed E-state index contributed by atoms with van der Waals surface area (Å²) < 4.78 is 4.38. The zero-order valence-electron chi connectivity index (χ0n) is 10.8. The van der Waals surface area contributed by atoms with Gasteiger partial charge >= 0.3 is 5.97 Å². The van der Waals surface area contributed by atoms with Crippen molar-refractivity contribution >= 4 is 11.9 Å². The number of carbonyl (C=O) groups excluding carboxylic acids is 2. The molecule has 0 aliphatic heterocycles. The summed E-state index contributed by atoms with van der Waals surface area (Å²) in [5.41, 5.74) is 0. The van der Waals surface area contributed by atoms with Crippen molar-refractivity contribution < 1.29 is 14.3 Å². The predicted octanol–water partition coefficient (Wildman–Crippen LogP) is 2.19. The van der Waals surface area contributed by atoms with Crippen LogP contribution >= 0.6 is 0 Å². The summed E-state index contributed by atoms with van der Waals surface area (Å²) in [6.07, 6.45) is 9.47. The van der Waals surface area contributed by atoms with E-state index in [2.05, 4.69) is 17.0 Å². The summed E-state index contributed by atoms with van der Waals surface area (Å²) in [6, 6.07) is 0. The second-order valence-electron chi connectivity index (χ2n) is 3.92. The minimum absolute atomic E-state index is 0.246. The lowest BCUT2D eigenvalue weighted by Crippen LogP contribution is -2.22. The molecule has 0 aromatic rings. The van der Waals surface area contributed by atoms with Crippen LogP contribution in [0.3, 0.4) is 0 Å². The fourth-order valence-electron chi connectivity index (χ4n) is 1.39. The number of esters is 1. The summed E-state index contributed by atoms with van der Waals surface area (Å²) in [4.78, 5) is 21.9. The largest absolute Gasteiger partial charge is 0.466 e. The van der Waals surface area contributed by atoms with Crippen LogP contribution < -0.4 is 5.32 Å². The van der Waals surface area contributed by atoms with Crippen LogP contribution in [-0.2, 0) is 14.3 Å². The summed E-state index contributed by atoms with van der Waals surface area (Å²) in [7, 11) is 1.28. The molecule has 0 aromatic carbocycles. The molecule has 0 fully saturated rings. The first-order valence-electron chi connectivity index (χ1n) is 6.24. The Kier molecular flexibility index (Phi) is 10.3. The first kappa shape index (κ1) is 15.7. The molecule has 0 aliphatic rings. The lowest BCUT2D eigenvalue weighted by atomic mass is 10.1. The number of hydrogen-bond acceptors (Lipinski definition) is 3. The second kappa shape index (κ2) is 11.2. The molecule has 0 radical (unpaired) electrons. The third-order valence-corrected chi connectivity index (χ3v) is 2.40. The van der Waals surface area contributed by atoms with Crippen LogP contribution in [0.15, 0.2) is 12.2 Å². The topological polar surface area (TPSA) is 55.4 Å². The van der Waals surface area contributed by atoms with Gasteiger partial charge in [0.05, 0.1) is 7.11 Å². The summed E-state index contributed by atoms with van der Waals surface area (Å²) >= 11 is 0. The molecule has 0 aliphatic carbocycles.